The molecule has 2 amide bonds. The number of nitrogens with one attached hydrogen (secondary N) is 1. The summed E-state index contributed by atoms with van der Waals surface area (Å²) in [4.78, 5) is 28.6. The van der Waals surface area contributed by atoms with Crippen LogP contribution < -0.4 is 19.1 Å². The van der Waals surface area contributed by atoms with Gasteiger partial charge in [-0.05, 0) is 50.1 Å². The van der Waals surface area contributed by atoms with Crippen molar-refractivity contribution in [3.63, 3.8) is 0 Å². The molecule has 2 aliphatic rings. The van der Waals surface area contributed by atoms with E-state index in [9.17, 15) is 22.4 Å². The van der Waals surface area contributed by atoms with Crippen molar-refractivity contribution in [2.75, 3.05) is 24.1 Å². The van der Waals surface area contributed by atoms with Crippen molar-refractivity contribution in [2.24, 2.45) is 0 Å². The second-order valence-electron chi connectivity index (χ2n) is 10.4. The molecule has 1 aliphatic carbocycles. The Labute approximate surface area is 245 Å². The van der Waals surface area contributed by atoms with Crippen LogP contribution in [0.1, 0.15) is 38.2 Å². The molecule has 0 spiro atoms. The van der Waals surface area contributed by atoms with Crippen LogP contribution in [0.4, 0.5) is 10.1 Å². The van der Waals surface area contributed by atoms with E-state index < -0.39 is 34.3 Å². The SMILES string of the molecule is C[C@H](C(=O)NC1CCCC1)N(Cc1ccccc1F)C(=O)CN(c1ccc2c(c1)OCCO2)S(=O)(=O)c1ccccc1. The summed E-state index contributed by atoms with van der Waals surface area (Å²) in [5.41, 5.74) is 0.397. The van der Waals surface area contributed by atoms with Crippen molar-refractivity contribution in [2.45, 2.75) is 56.1 Å². The Hall–Kier alpha value is -4.12. The van der Waals surface area contributed by atoms with Gasteiger partial charge < -0.3 is 19.7 Å². The zero-order valence-electron chi connectivity index (χ0n) is 23.4. The summed E-state index contributed by atoms with van der Waals surface area (Å²) in [6, 6.07) is 17.4. The predicted molar refractivity (Wildman–Crippen MR) is 155 cm³/mol. The maximum Gasteiger partial charge on any atom is 0.264 e. The van der Waals surface area contributed by atoms with Crippen LogP contribution >= 0.6 is 0 Å². The number of hydrogen-bond acceptors (Lipinski definition) is 6. The number of amides is 2. The monoisotopic (exact) mass is 595 g/mol. The standard InChI is InChI=1S/C31H34FN3O6S/c1-22(31(37)33-24-10-6-7-11-24)34(20-23-9-5-8-14-27(23)32)30(36)21-35(42(38,39)26-12-3-2-4-13-26)25-15-16-28-29(19-25)41-18-17-40-28/h2-5,8-9,12-16,19,22,24H,6-7,10-11,17-18,20-21H2,1H3,(H,33,37)/t22-/m1/s1. The summed E-state index contributed by atoms with van der Waals surface area (Å²) in [7, 11) is -4.24. The Morgan fingerprint density at radius 1 is 0.952 bits per heavy atom. The van der Waals surface area contributed by atoms with Crippen LogP contribution in [0.2, 0.25) is 0 Å². The molecule has 0 aromatic heterocycles. The molecule has 5 rings (SSSR count). The van der Waals surface area contributed by atoms with E-state index in [2.05, 4.69) is 5.32 Å². The van der Waals surface area contributed by atoms with Gasteiger partial charge in [0.2, 0.25) is 11.8 Å². The number of hydrogen-bond donors (Lipinski definition) is 1. The van der Waals surface area contributed by atoms with Crippen molar-refractivity contribution >= 4 is 27.5 Å². The lowest BCUT2D eigenvalue weighted by Crippen LogP contribution is -2.52. The van der Waals surface area contributed by atoms with Gasteiger partial charge in [0.15, 0.2) is 11.5 Å². The normalized spacial score (nSPS) is 15.6. The Morgan fingerprint density at radius 3 is 2.33 bits per heavy atom. The zero-order chi connectivity index (χ0) is 29.7. The highest BCUT2D eigenvalue weighted by Gasteiger charge is 2.34. The largest absolute Gasteiger partial charge is 0.486 e. The number of anilines is 1. The highest BCUT2D eigenvalue weighted by molar-refractivity contribution is 7.92. The fourth-order valence-electron chi connectivity index (χ4n) is 5.22. The highest BCUT2D eigenvalue weighted by Crippen LogP contribution is 2.36. The quantitative estimate of drug-likeness (QED) is 0.376. The fourth-order valence-corrected chi connectivity index (χ4v) is 6.65. The molecule has 0 saturated heterocycles. The minimum absolute atomic E-state index is 0.0121. The summed E-state index contributed by atoms with van der Waals surface area (Å²) < 4.78 is 54.9. The molecule has 42 heavy (non-hydrogen) atoms. The Morgan fingerprint density at radius 2 is 1.62 bits per heavy atom. The van der Waals surface area contributed by atoms with Gasteiger partial charge in [0, 0.05) is 24.2 Å². The van der Waals surface area contributed by atoms with E-state index in [-0.39, 0.29) is 34.6 Å². The third-order valence-electron chi connectivity index (χ3n) is 7.59. The molecule has 3 aromatic carbocycles. The van der Waals surface area contributed by atoms with Crippen LogP contribution in [-0.4, -0.2) is 57.0 Å². The molecule has 3 aromatic rings. The Bertz CT molecular complexity index is 1530. The highest BCUT2D eigenvalue weighted by atomic mass is 32.2. The van der Waals surface area contributed by atoms with Crippen LogP contribution in [0.3, 0.4) is 0 Å². The molecular weight excluding hydrogens is 561 g/mol. The Balaban J connectivity index is 1.50. The van der Waals surface area contributed by atoms with E-state index in [1.165, 1.54) is 41.3 Å². The van der Waals surface area contributed by atoms with Gasteiger partial charge in [0.25, 0.3) is 10.0 Å². The van der Waals surface area contributed by atoms with Gasteiger partial charge in [-0.3, -0.25) is 13.9 Å². The number of sulfonamides is 1. The smallest absolute Gasteiger partial charge is 0.264 e. The molecule has 9 nitrogen and oxygen atoms in total. The Kier molecular flexibility index (Phi) is 8.96. The summed E-state index contributed by atoms with van der Waals surface area (Å²) in [6.45, 7) is 1.38. The molecule has 0 radical (unpaired) electrons. The van der Waals surface area contributed by atoms with Crippen molar-refractivity contribution in [3.05, 3.63) is 84.2 Å². The van der Waals surface area contributed by atoms with Crippen molar-refractivity contribution in [3.8, 4) is 11.5 Å². The third kappa shape index (κ3) is 6.51. The van der Waals surface area contributed by atoms with Crippen molar-refractivity contribution in [1.82, 2.24) is 10.2 Å². The number of fused-ring (bicyclic) bond motifs is 1. The van der Waals surface area contributed by atoms with Gasteiger partial charge in [0.05, 0.1) is 10.6 Å². The van der Waals surface area contributed by atoms with Crippen LogP contribution in [0.25, 0.3) is 0 Å². The molecule has 0 unspecified atom stereocenters. The predicted octanol–water partition coefficient (Wildman–Crippen LogP) is 4.27. The molecular formula is C31H34FN3O6S. The number of carbonyl (C=O) groups excluding carboxylic acids is 2. The second-order valence-corrected chi connectivity index (χ2v) is 12.3. The van der Waals surface area contributed by atoms with E-state index in [4.69, 9.17) is 9.47 Å². The number of benzene rings is 3. The lowest BCUT2D eigenvalue weighted by molar-refractivity contribution is -0.139. The summed E-state index contributed by atoms with van der Waals surface area (Å²) in [5.74, 6) is -0.747. The van der Waals surface area contributed by atoms with Gasteiger partial charge in [-0.25, -0.2) is 12.8 Å². The number of nitrogens with zero attached hydrogens (tertiary/aromatic N) is 2. The van der Waals surface area contributed by atoms with E-state index >= 15 is 0 Å². The van der Waals surface area contributed by atoms with Crippen LogP contribution in [0, 0.1) is 5.82 Å². The van der Waals surface area contributed by atoms with Gasteiger partial charge in [-0.15, -0.1) is 0 Å². The van der Waals surface area contributed by atoms with E-state index in [0.29, 0.717) is 24.7 Å². The van der Waals surface area contributed by atoms with Crippen LogP contribution in [0.5, 0.6) is 11.5 Å². The topological polar surface area (TPSA) is 105 Å². The summed E-state index contributed by atoms with van der Waals surface area (Å²) >= 11 is 0. The van der Waals surface area contributed by atoms with E-state index in [0.717, 1.165) is 30.0 Å². The van der Waals surface area contributed by atoms with Crippen LogP contribution in [0.15, 0.2) is 77.7 Å². The molecule has 1 saturated carbocycles. The molecule has 1 aliphatic heterocycles. The molecule has 1 N–H and O–H groups in total. The molecule has 1 fully saturated rings. The lowest BCUT2D eigenvalue weighted by atomic mass is 10.1. The summed E-state index contributed by atoms with van der Waals surface area (Å²) in [5, 5.41) is 3.00. The maximum absolute atomic E-state index is 14.7. The number of halogens is 1. The minimum Gasteiger partial charge on any atom is -0.486 e. The average molecular weight is 596 g/mol. The molecule has 222 valence electrons. The fraction of sp³-hybridized carbons (Fsp3) is 0.355. The molecule has 1 atom stereocenters. The molecule has 1 heterocycles. The lowest BCUT2D eigenvalue weighted by Gasteiger charge is -2.32. The van der Waals surface area contributed by atoms with Gasteiger partial charge >= 0.3 is 0 Å². The first-order valence-corrected chi connectivity index (χ1v) is 15.5. The van der Waals surface area contributed by atoms with Crippen molar-refractivity contribution in [1.29, 1.82) is 0 Å². The first kappa shape index (κ1) is 29.4. The third-order valence-corrected chi connectivity index (χ3v) is 9.38. The minimum atomic E-state index is -4.24. The molecule has 11 heteroatoms. The first-order chi connectivity index (χ1) is 20.2. The van der Waals surface area contributed by atoms with Crippen LogP contribution in [-0.2, 0) is 26.2 Å². The van der Waals surface area contributed by atoms with Crippen molar-refractivity contribution < 1.29 is 31.9 Å². The average Bonchev–Trinajstić information content (AvgIpc) is 3.52. The number of carbonyl (C=O) groups is 2. The maximum atomic E-state index is 14.7. The number of ether oxygens (including phenoxy) is 2. The van der Waals surface area contributed by atoms with E-state index in [1.54, 1.807) is 43.3 Å². The number of rotatable bonds is 10. The second kappa shape index (κ2) is 12.8. The zero-order valence-corrected chi connectivity index (χ0v) is 24.2. The molecule has 0 bridgehead atoms. The van der Waals surface area contributed by atoms with Gasteiger partial charge in [-0.1, -0.05) is 49.2 Å². The van der Waals surface area contributed by atoms with Gasteiger partial charge in [-0.2, -0.15) is 0 Å². The first-order valence-electron chi connectivity index (χ1n) is 14.0. The summed E-state index contributed by atoms with van der Waals surface area (Å²) in [6.07, 6.45) is 3.73. The van der Waals surface area contributed by atoms with E-state index in [1.807, 2.05) is 0 Å². The van der Waals surface area contributed by atoms with Gasteiger partial charge in [0.1, 0.15) is 31.6 Å².